The summed E-state index contributed by atoms with van der Waals surface area (Å²) in [5.74, 6) is 2.30. The number of ether oxygens (including phenoxy) is 2. The number of nitrogens with one attached hydrogen (secondary N) is 1. The molecule has 1 fully saturated rings. The molecule has 2 aromatic rings. The Morgan fingerprint density at radius 1 is 1.04 bits per heavy atom. The molecule has 0 unspecified atom stereocenters. The number of anilines is 1. The summed E-state index contributed by atoms with van der Waals surface area (Å²) in [5.41, 5.74) is 3.39. The van der Waals surface area contributed by atoms with Crippen molar-refractivity contribution in [2.24, 2.45) is 0 Å². The third-order valence-corrected chi connectivity index (χ3v) is 5.32. The molecular weight excluding hydrogens is 344 g/mol. The zero-order valence-corrected chi connectivity index (χ0v) is 16.4. The number of aryl methyl sites for hydroxylation is 1. The second kappa shape index (κ2) is 8.41. The van der Waals surface area contributed by atoms with Gasteiger partial charge < -0.3 is 19.7 Å². The van der Waals surface area contributed by atoms with E-state index in [1.807, 2.05) is 24.3 Å². The highest BCUT2D eigenvalue weighted by Crippen LogP contribution is 2.34. The van der Waals surface area contributed by atoms with E-state index in [-0.39, 0.29) is 0 Å². The molecule has 5 heteroatoms. The molecule has 26 heavy (non-hydrogen) atoms. The van der Waals surface area contributed by atoms with Gasteiger partial charge in [-0.1, -0.05) is 24.3 Å². The van der Waals surface area contributed by atoms with E-state index in [9.17, 15) is 0 Å². The minimum absolute atomic E-state index is 0.513. The molecular formula is C21H26N2O2S. The second-order valence-corrected chi connectivity index (χ2v) is 7.02. The molecule has 4 nitrogen and oxygen atoms in total. The van der Waals surface area contributed by atoms with Crippen LogP contribution < -0.4 is 14.8 Å². The van der Waals surface area contributed by atoms with Gasteiger partial charge >= 0.3 is 0 Å². The minimum Gasteiger partial charge on any atom is -0.496 e. The maximum atomic E-state index is 5.65. The Kier molecular flexibility index (Phi) is 5.99. The Labute approximate surface area is 161 Å². The van der Waals surface area contributed by atoms with Crippen molar-refractivity contribution in [1.82, 2.24) is 4.90 Å². The van der Waals surface area contributed by atoms with Crippen molar-refractivity contribution in [3.63, 3.8) is 0 Å². The highest BCUT2D eigenvalue weighted by Gasteiger charge is 2.24. The molecule has 1 N–H and O–H groups in total. The standard InChI is InChI=1S/C21H26N2O2S/c1-15-8-9-20(25-3)18(14-15)22-21(26)23-12-10-16(11-13-23)17-6-4-5-7-19(17)24-2/h4-9,14,16H,10-13H2,1-3H3,(H,22,26). The summed E-state index contributed by atoms with van der Waals surface area (Å²) in [6.07, 6.45) is 2.13. The number of nitrogens with zero attached hydrogens (tertiary/aromatic N) is 1. The largest absolute Gasteiger partial charge is 0.496 e. The van der Waals surface area contributed by atoms with Crippen LogP contribution >= 0.6 is 12.2 Å². The molecule has 0 saturated carbocycles. The van der Waals surface area contributed by atoms with E-state index in [1.165, 1.54) is 11.1 Å². The fourth-order valence-corrected chi connectivity index (χ4v) is 3.80. The summed E-state index contributed by atoms with van der Waals surface area (Å²) < 4.78 is 11.0. The van der Waals surface area contributed by atoms with Gasteiger partial charge in [-0.05, 0) is 67.2 Å². The number of piperidine rings is 1. The van der Waals surface area contributed by atoms with E-state index in [0.29, 0.717) is 5.92 Å². The number of rotatable bonds is 4. The van der Waals surface area contributed by atoms with Crippen LogP contribution in [0.25, 0.3) is 0 Å². The average Bonchev–Trinajstić information content (AvgIpc) is 2.68. The molecule has 0 aliphatic carbocycles. The number of para-hydroxylation sites is 1. The molecule has 1 aliphatic heterocycles. The van der Waals surface area contributed by atoms with Crippen molar-refractivity contribution in [3.8, 4) is 11.5 Å². The molecule has 1 heterocycles. The van der Waals surface area contributed by atoms with Crippen LogP contribution in [0.1, 0.15) is 29.9 Å². The van der Waals surface area contributed by atoms with Crippen molar-refractivity contribution in [1.29, 1.82) is 0 Å². The molecule has 0 amide bonds. The first kappa shape index (κ1) is 18.5. The van der Waals surface area contributed by atoms with Crippen molar-refractivity contribution in [2.75, 3.05) is 32.6 Å². The van der Waals surface area contributed by atoms with Crippen LogP contribution in [-0.2, 0) is 0 Å². The number of thiocarbonyl (C=S) groups is 1. The Morgan fingerprint density at radius 3 is 2.42 bits per heavy atom. The van der Waals surface area contributed by atoms with Crippen LogP contribution in [-0.4, -0.2) is 37.3 Å². The van der Waals surface area contributed by atoms with Gasteiger partial charge in [0.25, 0.3) is 0 Å². The van der Waals surface area contributed by atoms with E-state index in [4.69, 9.17) is 21.7 Å². The maximum absolute atomic E-state index is 5.65. The van der Waals surface area contributed by atoms with E-state index >= 15 is 0 Å². The first-order chi connectivity index (χ1) is 12.6. The van der Waals surface area contributed by atoms with E-state index in [0.717, 1.165) is 48.2 Å². The summed E-state index contributed by atoms with van der Waals surface area (Å²) in [6.45, 7) is 3.93. The first-order valence-electron chi connectivity index (χ1n) is 8.96. The third kappa shape index (κ3) is 4.10. The molecule has 0 atom stereocenters. The number of benzene rings is 2. The van der Waals surface area contributed by atoms with Crippen molar-refractivity contribution in [2.45, 2.75) is 25.7 Å². The molecule has 0 bridgehead atoms. The predicted octanol–water partition coefficient (Wildman–Crippen LogP) is 4.59. The smallest absolute Gasteiger partial charge is 0.173 e. The third-order valence-electron chi connectivity index (χ3n) is 4.96. The molecule has 1 saturated heterocycles. The molecule has 0 aromatic heterocycles. The Balaban J connectivity index is 1.63. The molecule has 1 aliphatic rings. The van der Waals surface area contributed by atoms with E-state index < -0.39 is 0 Å². The highest BCUT2D eigenvalue weighted by molar-refractivity contribution is 7.80. The van der Waals surface area contributed by atoms with E-state index in [1.54, 1.807) is 14.2 Å². The lowest BCUT2D eigenvalue weighted by molar-refractivity contribution is 0.310. The van der Waals surface area contributed by atoms with Gasteiger partial charge in [0.1, 0.15) is 11.5 Å². The van der Waals surface area contributed by atoms with Gasteiger partial charge in [-0.15, -0.1) is 0 Å². The minimum atomic E-state index is 0.513. The van der Waals surface area contributed by atoms with Crippen LogP contribution in [0, 0.1) is 6.92 Å². The molecule has 3 rings (SSSR count). The predicted molar refractivity (Wildman–Crippen MR) is 110 cm³/mol. The maximum Gasteiger partial charge on any atom is 0.173 e. The SMILES string of the molecule is COc1ccc(C)cc1NC(=S)N1CCC(c2ccccc2OC)CC1. The van der Waals surface area contributed by atoms with Gasteiger partial charge in [0.05, 0.1) is 19.9 Å². The molecule has 0 spiro atoms. The van der Waals surface area contributed by atoms with Crippen LogP contribution in [0.3, 0.4) is 0 Å². The zero-order valence-electron chi connectivity index (χ0n) is 15.6. The van der Waals surface area contributed by atoms with Crippen molar-refractivity contribution < 1.29 is 9.47 Å². The quantitative estimate of drug-likeness (QED) is 0.796. The van der Waals surface area contributed by atoms with Gasteiger partial charge in [-0.25, -0.2) is 0 Å². The zero-order chi connectivity index (χ0) is 18.5. The molecule has 0 radical (unpaired) electrons. The number of hydrogen-bond donors (Lipinski definition) is 1. The summed E-state index contributed by atoms with van der Waals surface area (Å²) in [4.78, 5) is 2.24. The first-order valence-corrected chi connectivity index (χ1v) is 9.36. The Hall–Kier alpha value is -2.27. The topological polar surface area (TPSA) is 33.7 Å². The molecule has 138 valence electrons. The summed E-state index contributed by atoms with van der Waals surface area (Å²) >= 11 is 5.65. The monoisotopic (exact) mass is 370 g/mol. The fraction of sp³-hybridized carbons (Fsp3) is 0.381. The number of methoxy groups -OCH3 is 2. The van der Waals surface area contributed by atoms with Crippen LogP contribution in [0.15, 0.2) is 42.5 Å². The summed E-state index contributed by atoms with van der Waals surface area (Å²) in [5, 5.41) is 4.11. The number of hydrogen-bond acceptors (Lipinski definition) is 3. The van der Waals surface area contributed by atoms with E-state index in [2.05, 4.69) is 35.3 Å². The molecule has 2 aromatic carbocycles. The van der Waals surface area contributed by atoms with Crippen LogP contribution in [0.2, 0.25) is 0 Å². The highest BCUT2D eigenvalue weighted by atomic mass is 32.1. The van der Waals surface area contributed by atoms with Crippen LogP contribution in [0.5, 0.6) is 11.5 Å². The normalized spacial score (nSPS) is 14.8. The van der Waals surface area contributed by atoms with Gasteiger partial charge in [-0.3, -0.25) is 0 Å². The number of likely N-dealkylation sites (tertiary alicyclic amines) is 1. The second-order valence-electron chi connectivity index (χ2n) is 6.64. The van der Waals surface area contributed by atoms with Gasteiger partial charge in [0.15, 0.2) is 5.11 Å². The fourth-order valence-electron chi connectivity index (χ4n) is 3.51. The van der Waals surface area contributed by atoms with Crippen molar-refractivity contribution in [3.05, 3.63) is 53.6 Å². The average molecular weight is 371 g/mol. The summed E-state index contributed by atoms with van der Waals surface area (Å²) in [6, 6.07) is 14.4. The van der Waals surface area contributed by atoms with Gasteiger partial charge in [0.2, 0.25) is 0 Å². The van der Waals surface area contributed by atoms with Crippen molar-refractivity contribution >= 4 is 23.0 Å². The van der Waals surface area contributed by atoms with Gasteiger partial charge in [-0.2, -0.15) is 0 Å². The van der Waals surface area contributed by atoms with Gasteiger partial charge in [0, 0.05) is 13.1 Å². The lowest BCUT2D eigenvalue weighted by Crippen LogP contribution is -2.40. The Morgan fingerprint density at radius 2 is 1.73 bits per heavy atom. The Bertz CT molecular complexity index is 770. The lowest BCUT2D eigenvalue weighted by Gasteiger charge is -2.34. The summed E-state index contributed by atoms with van der Waals surface area (Å²) in [7, 11) is 3.42. The van der Waals surface area contributed by atoms with Crippen LogP contribution in [0.4, 0.5) is 5.69 Å². The lowest BCUT2D eigenvalue weighted by atomic mass is 9.89.